The fraction of sp³-hybridized carbons (Fsp3) is 0.500. The molecule has 1 unspecified atom stereocenters. The molecule has 0 radical (unpaired) electrons. The molecule has 1 atom stereocenters. The van der Waals surface area contributed by atoms with Crippen LogP contribution < -0.4 is 15.8 Å². The second-order valence-electron chi connectivity index (χ2n) is 4.55. The molecule has 21 heavy (non-hydrogen) atoms. The first kappa shape index (κ1) is 19.6. The van der Waals surface area contributed by atoms with Crippen molar-refractivity contribution in [2.75, 3.05) is 25.6 Å². The van der Waals surface area contributed by atoms with Crippen molar-refractivity contribution >= 4 is 24.0 Å². The number of benzene rings is 1. The number of hydrogen-bond acceptors (Lipinski definition) is 4. The molecule has 1 amide bonds. The van der Waals surface area contributed by atoms with Crippen molar-refractivity contribution in [3.63, 3.8) is 0 Å². The molecule has 0 fully saturated rings. The third kappa shape index (κ3) is 7.84. The van der Waals surface area contributed by atoms with E-state index < -0.39 is 5.82 Å². The lowest BCUT2D eigenvalue weighted by molar-refractivity contribution is -0.116. The molecular formula is C14H22ClFN2O3. The zero-order valence-electron chi connectivity index (χ0n) is 12.2. The average Bonchev–Trinajstić information content (AvgIpc) is 2.39. The molecule has 1 rings (SSSR count). The van der Waals surface area contributed by atoms with Gasteiger partial charge in [-0.15, -0.1) is 12.4 Å². The van der Waals surface area contributed by atoms with E-state index in [4.69, 9.17) is 15.2 Å². The van der Waals surface area contributed by atoms with E-state index in [1.54, 1.807) is 13.2 Å². The minimum Gasteiger partial charge on any atom is -0.488 e. The van der Waals surface area contributed by atoms with Crippen molar-refractivity contribution in [3.05, 3.63) is 24.0 Å². The molecule has 0 saturated heterocycles. The highest BCUT2D eigenvalue weighted by atomic mass is 35.5. The number of carbonyl (C=O) groups is 1. The molecule has 0 bridgehead atoms. The summed E-state index contributed by atoms with van der Waals surface area (Å²) in [6.45, 7) is 2.49. The van der Waals surface area contributed by atoms with Crippen LogP contribution in [0.15, 0.2) is 18.2 Å². The van der Waals surface area contributed by atoms with Gasteiger partial charge in [0.1, 0.15) is 6.61 Å². The Morgan fingerprint density at radius 1 is 1.43 bits per heavy atom. The maximum atomic E-state index is 13.7. The Morgan fingerprint density at radius 2 is 2.14 bits per heavy atom. The lowest BCUT2D eigenvalue weighted by Gasteiger charge is -2.10. The summed E-state index contributed by atoms with van der Waals surface area (Å²) in [5.74, 6) is -0.573. The Morgan fingerprint density at radius 3 is 2.71 bits per heavy atom. The second kappa shape index (κ2) is 10.4. The fourth-order valence-electron chi connectivity index (χ4n) is 1.51. The van der Waals surface area contributed by atoms with Crippen molar-refractivity contribution in [1.29, 1.82) is 0 Å². The number of halogens is 2. The average molecular weight is 321 g/mol. The van der Waals surface area contributed by atoms with Crippen molar-refractivity contribution in [1.82, 2.24) is 0 Å². The van der Waals surface area contributed by atoms with Crippen LogP contribution >= 0.6 is 12.4 Å². The van der Waals surface area contributed by atoms with Crippen molar-refractivity contribution in [2.24, 2.45) is 5.73 Å². The third-order valence-electron chi connectivity index (χ3n) is 2.59. The van der Waals surface area contributed by atoms with Gasteiger partial charge in [-0.05, 0) is 25.5 Å². The third-order valence-corrected chi connectivity index (χ3v) is 2.59. The van der Waals surface area contributed by atoms with Gasteiger partial charge in [0.2, 0.25) is 5.91 Å². The minimum atomic E-state index is -0.522. The Bertz CT molecular complexity index is 444. The van der Waals surface area contributed by atoms with E-state index in [0.29, 0.717) is 25.1 Å². The Labute approximate surface area is 130 Å². The number of amides is 1. The lowest BCUT2D eigenvalue weighted by Crippen LogP contribution is -2.19. The number of hydrogen-bond donors (Lipinski definition) is 2. The summed E-state index contributed by atoms with van der Waals surface area (Å²) in [4.78, 5) is 11.6. The SMILES string of the molecule is COCCOc1ccc(NC(=O)CCC(C)N)cc1F.Cl. The van der Waals surface area contributed by atoms with Gasteiger partial charge in [0.15, 0.2) is 11.6 Å². The Kier molecular flexibility index (Phi) is 9.69. The maximum absolute atomic E-state index is 13.7. The largest absolute Gasteiger partial charge is 0.488 e. The number of rotatable bonds is 8. The molecule has 1 aromatic carbocycles. The number of ether oxygens (including phenoxy) is 2. The van der Waals surface area contributed by atoms with Crippen LogP contribution in [0.2, 0.25) is 0 Å². The molecule has 0 aliphatic carbocycles. The zero-order chi connectivity index (χ0) is 15.0. The van der Waals surface area contributed by atoms with E-state index in [2.05, 4.69) is 5.32 Å². The first-order chi connectivity index (χ1) is 9.52. The number of methoxy groups -OCH3 is 1. The monoisotopic (exact) mass is 320 g/mol. The van der Waals surface area contributed by atoms with Crippen LogP contribution in [0.25, 0.3) is 0 Å². The summed E-state index contributed by atoms with van der Waals surface area (Å²) in [6, 6.07) is 4.27. The number of carbonyl (C=O) groups excluding carboxylic acids is 1. The zero-order valence-corrected chi connectivity index (χ0v) is 13.0. The van der Waals surface area contributed by atoms with Gasteiger partial charge in [0.05, 0.1) is 6.61 Å². The highest BCUT2D eigenvalue weighted by Crippen LogP contribution is 2.21. The molecule has 0 heterocycles. The molecular weight excluding hydrogens is 299 g/mol. The summed E-state index contributed by atoms with van der Waals surface area (Å²) in [6.07, 6.45) is 0.901. The predicted molar refractivity (Wildman–Crippen MR) is 82.5 cm³/mol. The van der Waals surface area contributed by atoms with E-state index >= 15 is 0 Å². The molecule has 3 N–H and O–H groups in total. The molecule has 0 aliphatic rings. The highest BCUT2D eigenvalue weighted by Gasteiger charge is 2.08. The summed E-state index contributed by atoms with van der Waals surface area (Å²) in [5, 5.41) is 2.62. The van der Waals surface area contributed by atoms with E-state index in [9.17, 15) is 9.18 Å². The minimum absolute atomic E-state index is 0. The summed E-state index contributed by atoms with van der Waals surface area (Å²) < 4.78 is 23.7. The van der Waals surface area contributed by atoms with Gasteiger partial charge in [0.25, 0.3) is 0 Å². The van der Waals surface area contributed by atoms with Gasteiger partial charge in [-0.25, -0.2) is 4.39 Å². The molecule has 5 nitrogen and oxygen atoms in total. The van der Waals surface area contributed by atoms with Crippen molar-refractivity contribution in [3.8, 4) is 5.75 Å². The first-order valence-electron chi connectivity index (χ1n) is 6.49. The topological polar surface area (TPSA) is 73.6 Å². The van der Waals surface area contributed by atoms with Crippen molar-refractivity contribution < 1.29 is 18.7 Å². The smallest absolute Gasteiger partial charge is 0.224 e. The van der Waals surface area contributed by atoms with Gasteiger partial charge < -0.3 is 20.5 Å². The molecule has 120 valence electrons. The molecule has 0 saturated carbocycles. The standard InChI is InChI=1S/C14H21FN2O3.ClH/c1-10(16)3-6-14(18)17-11-4-5-13(12(15)9-11)20-8-7-19-2;/h4-5,9-10H,3,6-8,16H2,1-2H3,(H,17,18);1H. The normalized spacial score (nSPS) is 11.4. The maximum Gasteiger partial charge on any atom is 0.224 e. The molecule has 7 heteroatoms. The summed E-state index contributed by atoms with van der Waals surface area (Å²) in [7, 11) is 1.54. The van der Waals surface area contributed by atoms with Gasteiger partial charge in [-0.2, -0.15) is 0 Å². The van der Waals surface area contributed by atoms with E-state index in [-0.39, 0.29) is 36.7 Å². The highest BCUT2D eigenvalue weighted by molar-refractivity contribution is 5.90. The lowest BCUT2D eigenvalue weighted by atomic mass is 10.2. The Hall–Kier alpha value is -1.37. The summed E-state index contributed by atoms with van der Waals surface area (Å²) >= 11 is 0. The van der Waals surface area contributed by atoms with Gasteiger partial charge in [-0.1, -0.05) is 0 Å². The van der Waals surface area contributed by atoms with Crippen LogP contribution in [-0.2, 0) is 9.53 Å². The quantitative estimate of drug-likeness (QED) is 0.721. The number of anilines is 1. The van der Waals surface area contributed by atoms with Crippen LogP contribution in [0.1, 0.15) is 19.8 Å². The van der Waals surface area contributed by atoms with Gasteiger partial charge in [0, 0.05) is 31.3 Å². The van der Waals surface area contributed by atoms with E-state index in [1.807, 2.05) is 6.92 Å². The van der Waals surface area contributed by atoms with Crippen LogP contribution in [0.3, 0.4) is 0 Å². The predicted octanol–water partition coefficient (Wildman–Crippen LogP) is 2.34. The van der Waals surface area contributed by atoms with Gasteiger partial charge >= 0.3 is 0 Å². The number of nitrogens with two attached hydrogens (primary N) is 1. The fourth-order valence-corrected chi connectivity index (χ4v) is 1.51. The van der Waals surface area contributed by atoms with Crippen LogP contribution in [-0.4, -0.2) is 32.3 Å². The van der Waals surface area contributed by atoms with Crippen LogP contribution in [0.5, 0.6) is 5.75 Å². The second-order valence-corrected chi connectivity index (χ2v) is 4.55. The number of nitrogens with one attached hydrogen (secondary N) is 1. The first-order valence-corrected chi connectivity index (χ1v) is 6.49. The van der Waals surface area contributed by atoms with E-state index in [0.717, 1.165) is 0 Å². The van der Waals surface area contributed by atoms with Crippen LogP contribution in [0.4, 0.5) is 10.1 Å². The van der Waals surface area contributed by atoms with Gasteiger partial charge in [-0.3, -0.25) is 4.79 Å². The van der Waals surface area contributed by atoms with Crippen molar-refractivity contribution in [2.45, 2.75) is 25.8 Å². The molecule has 0 aromatic heterocycles. The molecule has 0 aliphatic heterocycles. The Balaban J connectivity index is 0.00000400. The molecule has 0 spiro atoms. The van der Waals surface area contributed by atoms with Crippen LogP contribution in [0, 0.1) is 5.82 Å². The molecule has 1 aromatic rings. The van der Waals surface area contributed by atoms with E-state index in [1.165, 1.54) is 12.1 Å². The summed E-state index contributed by atoms with van der Waals surface area (Å²) in [5.41, 5.74) is 5.97.